The number of fused-ring (bicyclic) bond motifs is 1. The first-order valence-electron chi connectivity index (χ1n) is 5.71. The van der Waals surface area contributed by atoms with Crippen molar-refractivity contribution < 1.29 is 0 Å². The van der Waals surface area contributed by atoms with Crippen molar-refractivity contribution in [3.63, 3.8) is 0 Å². The fourth-order valence-electron chi connectivity index (χ4n) is 2.24. The predicted molar refractivity (Wildman–Crippen MR) is 68.5 cm³/mol. The van der Waals surface area contributed by atoms with Crippen LogP contribution in [0.3, 0.4) is 0 Å². The zero-order valence-electron chi connectivity index (χ0n) is 10.4. The Kier molecular flexibility index (Phi) is 2.62. The summed E-state index contributed by atoms with van der Waals surface area (Å²) in [6.07, 6.45) is 3.64. The highest BCUT2D eigenvalue weighted by molar-refractivity contribution is 5.94. The Balaban J connectivity index is 2.74. The molecule has 3 heteroatoms. The molecular formula is C13H19N3. The van der Waals surface area contributed by atoms with Crippen LogP contribution in [0.5, 0.6) is 0 Å². The number of hydrogen-bond donors (Lipinski definition) is 1. The Labute approximate surface area is 96.3 Å². The van der Waals surface area contributed by atoms with E-state index >= 15 is 0 Å². The second kappa shape index (κ2) is 3.81. The molecule has 2 aromatic heterocycles. The Morgan fingerprint density at radius 2 is 2.00 bits per heavy atom. The quantitative estimate of drug-likeness (QED) is 0.840. The smallest absolute Gasteiger partial charge is 0.0692 e. The van der Waals surface area contributed by atoms with E-state index in [9.17, 15) is 0 Å². The molecule has 86 valence electrons. The SMILES string of the molecule is Cc1c(C)n(CC(C)C)c2cncc(N)c12. The van der Waals surface area contributed by atoms with E-state index in [1.165, 1.54) is 11.3 Å². The molecule has 0 radical (unpaired) electrons. The summed E-state index contributed by atoms with van der Waals surface area (Å²) in [4.78, 5) is 4.19. The van der Waals surface area contributed by atoms with Crippen LogP contribution >= 0.6 is 0 Å². The van der Waals surface area contributed by atoms with Crippen LogP contribution in [0.4, 0.5) is 5.69 Å². The molecule has 0 saturated heterocycles. The molecule has 0 spiro atoms. The maximum absolute atomic E-state index is 5.99. The van der Waals surface area contributed by atoms with Crippen LogP contribution in [0.15, 0.2) is 12.4 Å². The molecule has 0 unspecified atom stereocenters. The van der Waals surface area contributed by atoms with Crippen LogP contribution in [0, 0.1) is 19.8 Å². The van der Waals surface area contributed by atoms with Crippen molar-refractivity contribution in [1.29, 1.82) is 0 Å². The summed E-state index contributed by atoms with van der Waals surface area (Å²) >= 11 is 0. The first-order chi connectivity index (χ1) is 7.52. The van der Waals surface area contributed by atoms with Crippen molar-refractivity contribution in [2.45, 2.75) is 34.2 Å². The lowest BCUT2D eigenvalue weighted by Crippen LogP contribution is -2.06. The summed E-state index contributed by atoms with van der Waals surface area (Å²) in [5.41, 5.74) is 10.5. The van der Waals surface area contributed by atoms with Gasteiger partial charge in [0, 0.05) is 17.6 Å². The summed E-state index contributed by atoms with van der Waals surface area (Å²) in [5, 5.41) is 1.16. The third-order valence-corrected chi connectivity index (χ3v) is 3.12. The standard InChI is InChI=1S/C13H19N3/c1-8(2)7-16-10(4)9(3)13-11(14)5-15-6-12(13)16/h5-6,8H,7,14H2,1-4H3. The number of aryl methyl sites for hydroxylation is 1. The number of pyridine rings is 1. The van der Waals surface area contributed by atoms with Gasteiger partial charge in [0.25, 0.3) is 0 Å². The van der Waals surface area contributed by atoms with Crippen LogP contribution in [0.1, 0.15) is 25.1 Å². The number of nitrogen functional groups attached to an aromatic ring is 1. The van der Waals surface area contributed by atoms with Crippen molar-refractivity contribution in [3.8, 4) is 0 Å². The van der Waals surface area contributed by atoms with E-state index in [2.05, 4.69) is 37.2 Å². The van der Waals surface area contributed by atoms with E-state index in [-0.39, 0.29) is 0 Å². The van der Waals surface area contributed by atoms with Crippen molar-refractivity contribution in [2.24, 2.45) is 5.92 Å². The lowest BCUT2D eigenvalue weighted by molar-refractivity contribution is 0.527. The molecule has 2 heterocycles. The van der Waals surface area contributed by atoms with Gasteiger partial charge in [-0.25, -0.2) is 0 Å². The molecule has 3 nitrogen and oxygen atoms in total. The number of nitrogens with zero attached hydrogens (tertiary/aromatic N) is 2. The van der Waals surface area contributed by atoms with Crippen LogP contribution in [0.25, 0.3) is 10.9 Å². The summed E-state index contributed by atoms with van der Waals surface area (Å²) in [6.45, 7) is 9.74. The minimum absolute atomic E-state index is 0.620. The van der Waals surface area contributed by atoms with Crippen molar-refractivity contribution in [3.05, 3.63) is 23.7 Å². The van der Waals surface area contributed by atoms with E-state index in [4.69, 9.17) is 5.73 Å². The Bertz CT molecular complexity index is 523. The molecule has 0 aliphatic rings. The molecule has 2 N–H and O–H groups in total. The van der Waals surface area contributed by atoms with Crippen molar-refractivity contribution in [1.82, 2.24) is 9.55 Å². The average Bonchev–Trinajstić information content (AvgIpc) is 2.44. The normalized spacial score (nSPS) is 11.6. The molecule has 2 rings (SSSR count). The van der Waals surface area contributed by atoms with Gasteiger partial charge in [-0.3, -0.25) is 4.98 Å². The molecule has 0 aliphatic heterocycles. The fourth-order valence-corrected chi connectivity index (χ4v) is 2.24. The first kappa shape index (κ1) is 11.0. The Morgan fingerprint density at radius 1 is 1.31 bits per heavy atom. The van der Waals surface area contributed by atoms with Crippen molar-refractivity contribution in [2.75, 3.05) is 5.73 Å². The van der Waals surface area contributed by atoms with Gasteiger partial charge >= 0.3 is 0 Å². The van der Waals surface area contributed by atoms with Crippen LogP contribution in [-0.2, 0) is 6.54 Å². The van der Waals surface area contributed by atoms with Gasteiger partial charge in [-0.15, -0.1) is 0 Å². The third kappa shape index (κ3) is 1.56. The zero-order valence-corrected chi connectivity index (χ0v) is 10.4. The van der Waals surface area contributed by atoms with Gasteiger partial charge in [0.05, 0.1) is 23.6 Å². The van der Waals surface area contributed by atoms with Gasteiger partial charge in [0.1, 0.15) is 0 Å². The van der Waals surface area contributed by atoms with Gasteiger partial charge in [0.2, 0.25) is 0 Å². The van der Waals surface area contributed by atoms with Gasteiger partial charge in [-0.05, 0) is 25.3 Å². The lowest BCUT2D eigenvalue weighted by atomic mass is 10.2. The Hall–Kier alpha value is -1.51. The largest absolute Gasteiger partial charge is 0.397 e. The molecule has 0 saturated carbocycles. The van der Waals surface area contributed by atoms with E-state index in [1.54, 1.807) is 6.20 Å². The second-order valence-corrected chi connectivity index (χ2v) is 4.84. The molecule has 0 aliphatic carbocycles. The molecule has 16 heavy (non-hydrogen) atoms. The van der Waals surface area contributed by atoms with E-state index in [0.29, 0.717) is 5.92 Å². The van der Waals surface area contributed by atoms with Gasteiger partial charge < -0.3 is 10.3 Å². The fraction of sp³-hybridized carbons (Fsp3) is 0.462. The van der Waals surface area contributed by atoms with Crippen LogP contribution < -0.4 is 5.73 Å². The summed E-state index contributed by atoms with van der Waals surface area (Å²) in [6, 6.07) is 0. The predicted octanol–water partition coefficient (Wildman–Crippen LogP) is 2.89. The average molecular weight is 217 g/mol. The number of anilines is 1. The molecular weight excluding hydrogens is 198 g/mol. The third-order valence-electron chi connectivity index (χ3n) is 3.12. The van der Waals surface area contributed by atoms with E-state index in [0.717, 1.165) is 23.1 Å². The first-order valence-corrected chi connectivity index (χ1v) is 5.71. The molecule has 0 atom stereocenters. The number of rotatable bonds is 2. The minimum Gasteiger partial charge on any atom is -0.397 e. The van der Waals surface area contributed by atoms with Crippen LogP contribution in [0.2, 0.25) is 0 Å². The molecule has 0 aromatic carbocycles. The highest BCUT2D eigenvalue weighted by Crippen LogP contribution is 2.29. The highest BCUT2D eigenvalue weighted by Gasteiger charge is 2.13. The minimum atomic E-state index is 0.620. The van der Waals surface area contributed by atoms with Gasteiger partial charge in [-0.1, -0.05) is 13.8 Å². The topological polar surface area (TPSA) is 43.8 Å². The molecule has 0 fully saturated rings. The maximum atomic E-state index is 5.99. The highest BCUT2D eigenvalue weighted by atomic mass is 15.0. The number of hydrogen-bond acceptors (Lipinski definition) is 2. The summed E-state index contributed by atoms with van der Waals surface area (Å²) in [5.74, 6) is 0.620. The van der Waals surface area contributed by atoms with E-state index in [1.807, 2.05) is 6.20 Å². The zero-order chi connectivity index (χ0) is 11.9. The monoisotopic (exact) mass is 217 g/mol. The maximum Gasteiger partial charge on any atom is 0.0692 e. The lowest BCUT2D eigenvalue weighted by Gasteiger charge is -2.10. The summed E-state index contributed by atoms with van der Waals surface area (Å²) in [7, 11) is 0. The van der Waals surface area contributed by atoms with E-state index < -0.39 is 0 Å². The molecule has 2 aromatic rings. The summed E-state index contributed by atoms with van der Waals surface area (Å²) < 4.78 is 2.32. The van der Waals surface area contributed by atoms with Gasteiger partial charge in [-0.2, -0.15) is 0 Å². The van der Waals surface area contributed by atoms with Crippen LogP contribution in [-0.4, -0.2) is 9.55 Å². The van der Waals surface area contributed by atoms with Crippen molar-refractivity contribution >= 4 is 16.6 Å². The second-order valence-electron chi connectivity index (χ2n) is 4.84. The molecule has 0 bridgehead atoms. The van der Waals surface area contributed by atoms with Gasteiger partial charge in [0.15, 0.2) is 0 Å². The Morgan fingerprint density at radius 3 is 2.62 bits per heavy atom. The number of aromatic nitrogens is 2. The molecule has 0 amide bonds. The number of nitrogens with two attached hydrogens (primary N) is 1.